The summed E-state index contributed by atoms with van der Waals surface area (Å²) in [4.78, 5) is 12.2. The third kappa shape index (κ3) is 6.60. The highest BCUT2D eigenvalue weighted by Gasteiger charge is 2.17. The van der Waals surface area contributed by atoms with Crippen LogP contribution in [0.5, 0.6) is 0 Å². The minimum atomic E-state index is -0.249. The molecule has 0 aromatic heterocycles. The minimum absolute atomic E-state index is 0.0148. The van der Waals surface area contributed by atoms with Gasteiger partial charge in [0.15, 0.2) is 0 Å². The van der Waals surface area contributed by atoms with Crippen molar-refractivity contribution < 1.29 is 9.18 Å². The van der Waals surface area contributed by atoms with Crippen LogP contribution >= 0.6 is 0 Å². The Labute approximate surface area is 156 Å². The average Bonchev–Trinajstić information content (AvgIpc) is 2.62. The zero-order chi connectivity index (χ0) is 18.9. The van der Waals surface area contributed by atoms with Gasteiger partial charge in [0.25, 0.3) is 0 Å². The highest BCUT2D eigenvalue weighted by atomic mass is 19.1. The van der Waals surface area contributed by atoms with E-state index in [4.69, 9.17) is 0 Å². The van der Waals surface area contributed by atoms with Gasteiger partial charge in [0.05, 0.1) is 6.54 Å². The lowest BCUT2D eigenvalue weighted by Crippen LogP contribution is -2.41. The Bertz CT molecular complexity index is 670. The number of nitrogens with one attached hydrogen (secondary N) is 2. The van der Waals surface area contributed by atoms with Gasteiger partial charge in [-0.3, -0.25) is 4.79 Å². The molecular formula is C22H29FN2O. The lowest BCUT2D eigenvalue weighted by molar-refractivity contribution is -0.121. The first-order valence-corrected chi connectivity index (χ1v) is 9.28. The summed E-state index contributed by atoms with van der Waals surface area (Å²) in [6.07, 6.45) is 1.85. The predicted molar refractivity (Wildman–Crippen MR) is 104 cm³/mol. The minimum Gasteiger partial charge on any atom is -0.353 e. The molecular weight excluding hydrogens is 327 g/mol. The highest BCUT2D eigenvalue weighted by molar-refractivity contribution is 5.78. The molecule has 0 radical (unpaired) electrons. The molecule has 2 unspecified atom stereocenters. The van der Waals surface area contributed by atoms with Crippen LogP contribution in [0.1, 0.15) is 44.4 Å². The number of carbonyl (C=O) groups is 1. The maximum atomic E-state index is 13.1. The van der Waals surface area contributed by atoms with Gasteiger partial charge < -0.3 is 10.6 Å². The molecule has 0 aliphatic carbocycles. The molecule has 26 heavy (non-hydrogen) atoms. The van der Waals surface area contributed by atoms with Gasteiger partial charge in [-0.25, -0.2) is 4.39 Å². The Hall–Kier alpha value is -2.20. The lowest BCUT2D eigenvalue weighted by atomic mass is 9.96. The number of hydrogen-bond acceptors (Lipinski definition) is 2. The topological polar surface area (TPSA) is 41.1 Å². The van der Waals surface area contributed by atoms with Gasteiger partial charge >= 0.3 is 0 Å². The van der Waals surface area contributed by atoms with Crippen LogP contribution in [-0.4, -0.2) is 18.5 Å². The van der Waals surface area contributed by atoms with Crippen molar-refractivity contribution in [2.75, 3.05) is 6.54 Å². The van der Waals surface area contributed by atoms with Crippen molar-refractivity contribution in [2.24, 2.45) is 5.92 Å². The molecule has 0 saturated carbocycles. The fraction of sp³-hybridized carbons (Fsp3) is 0.409. The average molecular weight is 356 g/mol. The normalized spacial score (nSPS) is 13.4. The highest BCUT2D eigenvalue weighted by Crippen LogP contribution is 2.21. The predicted octanol–water partition coefficient (Wildman–Crippen LogP) is 4.25. The molecule has 2 rings (SSSR count). The fourth-order valence-electron chi connectivity index (χ4n) is 3.04. The summed E-state index contributed by atoms with van der Waals surface area (Å²) in [5, 5.41) is 6.34. The Morgan fingerprint density at radius 2 is 1.65 bits per heavy atom. The van der Waals surface area contributed by atoms with Crippen LogP contribution < -0.4 is 10.6 Å². The lowest BCUT2D eigenvalue weighted by Gasteiger charge is -2.23. The van der Waals surface area contributed by atoms with Crippen molar-refractivity contribution in [3.63, 3.8) is 0 Å². The van der Waals surface area contributed by atoms with Gasteiger partial charge in [0.2, 0.25) is 5.91 Å². The van der Waals surface area contributed by atoms with Crippen LogP contribution in [0.2, 0.25) is 0 Å². The van der Waals surface area contributed by atoms with E-state index < -0.39 is 0 Å². The molecule has 0 aliphatic heterocycles. The zero-order valence-electron chi connectivity index (χ0n) is 15.8. The molecule has 0 saturated heterocycles. The largest absolute Gasteiger partial charge is 0.353 e. The van der Waals surface area contributed by atoms with Gasteiger partial charge in [-0.05, 0) is 48.9 Å². The number of amides is 1. The molecule has 2 aromatic rings. The van der Waals surface area contributed by atoms with Crippen LogP contribution in [0.3, 0.4) is 0 Å². The van der Waals surface area contributed by atoms with Crippen molar-refractivity contribution in [2.45, 2.75) is 45.7 Å². The van der Waals surface area contributed by atoms with Crippen LogP contribution in [0.4, 0.5) is 4.39 Å². The fourth-order valence-corrected chi connectivity index (χ4v) is 3.04. The first-order chi connectivity index (χ1) is 12.5. The van der Waals surface area contributed by atoms with Crippen LogP contribution in [0.25, 0.3) is 0 Å². The number of benzene rings is 2. The summed E-state index contributed by atoms with van der Waals surface area (Å²) in [5.41, 5.74) is 2.27. The van der Waals surface area contributed by atoms with Gasteiger partial charge in [-0.2, -0.15) is 0 Å². The van der Waals surface area contributed by atoms with E-state index in [1.807, 2.05) is 25.1 Å². The van der Waals surface area contributed by atoms with Crippen molar-refractivity contribution in [3.8, 4) is 0 Å². The molecule has 2 N–H and O–H groups in total. The standard InChI is InChI=1S/C22H29FN2O/c1-16(2)22(19-11-13-20(23)14-12-19)24-15-21(26)25-17(3)9-10-18-7-5-4-6-8-18/h4-8,11-14,16-17,22,24H,9-10,15H2,1-3H3,(H,25,26). The van der Waals surface area contributed by atoms with Crippen molar-refractivity contribution in [3.05, 3.63) is 71.5 Å². The van der Waals surface area contributed by atoms with Crippen LogP contribution in [0.15, 0.2) is 54.6 Å². The van der Waals surface area contributed by atoms with E-state index in [1.54, 1.807) is 12.1 Å². The maximum absolute atomic E-state index is 13.1. The second-order valence-corrected chi connectivity index (χ2v) is 7.15. The third-order valence-electron chi connectivity index (χ3n) is 4.49. The summed E-state index contributed by atoms with van der Waals surface area (Å²) < 4.78 is 13.1. The SMILES string of the molecule is CC(CCc1ccccc1)NC(=O)CNC(c1ccc(F)cc1)C(C)C. The second-order valence-electron chi connectivity index (χ2n) is 7.15. The molecule has 1 amide bonds. The summed E-state index contributed by atoms with van der Waals surface area (Å²) in [7, 11) is 0. The van der Waals surface area contributed by atoms with Gasteiger partial charge in [0, 0.05) is 12.1 Å². The first kappa shape index (κ1) is 20.1. The molecule has 0 heterocycles. The quantitative estimate of drug-likeness (QED) is 0.705. The zero-order valence-corrected chi connectivity index (χ0v) is 15.8. The number of rotatable bonds is 9. The van der Waals surface area contributed by atoms with Crippen molar-refractivity contribution in [1.82, 2.24) is 10.6 Å². The van der Waals surface area contributed by atoms with E-state index in [-0.39, 0.29) is 30.4 Å². The molecule has 0 aliphatic rings. The van der Waals surface area contributed by atoms with E-state index in [9.17, 15) is 9.18 Å². The third-order valence-corrected chi connectivity index (χ3v) is 4.49. The molecule has 3 nitrogen and oxygen atoms in total. The summed E-state index contributed by atoms with van der Waals surface area (Å²) in [5.74, 6) is 0.0309. The summed E-state index contributed by atoms with van der Waals surface area (Å²) in [6, 6.07) is 16.9. The Kier molecular flexibility index (Phi) is 7.79. The molecule has 0 spiro atoms. The Balaban J connectivity index is 1.79. The van der Waals surface area contributed by atoms with Crippen LogP contribution in [-0.2, 0) is 11.2 Å². The van der Waals surface area contributed by atoms with E-state index in [1.165, 1.54) is 17.7 Å². The van der Waals surface area contributed by atoms with E-state index in [0.717, 1.165) is 18.4 Å². The summed E-state index contributed by atoms with van der Waals surface area (Å²) >= 11 is 0. The van der Waals surface area contributed by atoms with Gasteiger partial charge in [-0.15, -0.1) is 0 Å². The molecule has 0 fully saturated rings. The van der Waals surface area contributed by atoms with Gasteiger partial charge in [-0.1, -0.05) is 56.3 Å². The molecule has 4 heteroatoms. The van der Waals surface area contributed by atoms with E-state index >= 15 is 0 Å². The first-order valence-electron chi connectivity index (χ1n) is 9.28. The monoisotopic (exact) mass is 356 g/mol. The number of carbonyl (C=O) groups excluding carboxylic acids is 1. The number of hydrogen-bond donors (Lipinski definition) is 2. The van der Waals surface area contributed by atoms with E-state index in [0.29, 0.717) is 5.92 Å². The maximum Gasteiger partial charge on any atom is 0.234 e. The Morgan fingerprint density at radius 1 is 1.00 bits per heavy atom. The summed E-state index contributed by atoms with van der Waals surface area (Å²) in [6.45, 7) is 6.44. The van der Waals surface area contributed by atoms with Crippen LogP contribution in [0, 0.1) is 11.7 Å². The Morgan fingerprint density at radius 3 is 2.27 bits per heavy atom. The smallest absolute Gasteiger partial charge is 0.234 e. The molecule has 2 atom stereocenters. The number of aryl methyl sites for hydroxylation is 1. The molecule has 140 valence electrons. The molecule has 2 aromatic carbocycles. The number of halogens is 1. The van der Waals surface area contributed by atoms with Gasteiger partial charge in [0.1, 0.15) is 5.82 Å². The molecule has 0 bridgehead atoms. The van der Waals surface area contributed by atoms with Crippen molar-refractivity contribution >= 4 is 5.91 Å². The second kappa shape index (κ2) is 10.1. The van der Waals surface area contributed by atoms with E-state index in [2.05, 4.69) is 36.6 Å². The van der Waals surface area contributed by atoms with Crippen molar-refractivity contribution in [1.29, 1.82) is 0 Å².